The number of nitrogens with zero attached hydrogens (tertiary/aromatic N) is 2. The fraction of sp³-hybridized carbons (Fsp3) is 1.00. The van der Waals surface area contributed by atoms with Crippen molar-refractivity contribution in [2.45, 2.75) is 65.3 Å². The Hall–Kier alpha value is -0.120. The normalized spacial score (nSPS) is 32.2. The minimum absolute atomic E-state index is 0.526. The van der Waals surface area contributed by atoms with E-state index >= 15 is 0 Å². The maximum atomic E-state index is 5.97. The standard InChI is InChI=1S/C16H33N3/c1-4-14(3)6-7-15(5-2)18-10-8-16(12-18)9-11-19(17)13-16/h14-15H,4-13,17H2,1-3H3. The molecule has 112 valence electrons. The summed E-state index contributed by atoms with van der Waals surface area (Å²) in [4.78, 5) is 2.77. The van der Waals surface area contributed by atoms with Crippen LogP contribution in [0.1, 0.15) is 59.3 Å². The lowest BCUT2D eigenvalue weighted by atomic mass is 9.86. The van der Waals surface area contributed by atoms with Crippen molar-refractivity contribution in [2.75, 3.05) is 26.2 Å². The van der Waals surface area contributed by atoms with E-state index in [0.29, 0.717) is 5.41 Å². The van der Waals surface area contributed by atoms with Crippen LogP contribution in [-0.4, -0.2) is 42.1 Å². The molecule has 2 saturated heterocycles. The Bertz CT molecular complexity index is 281. The molecule has 0 aliphatic carbocycles. The van der Waals surface area contributed by atoms with Gasteiger partial charge in [0.1, 0.15) is 0 Å². The predicted molar refractivity (Wildman–Crippen MR) is 81.8 cm³/mol. The number of hydrazine groups is 1. The molecule has 0 amide bonds. The molecule has 0 aromatic heterocycles. The molecule has 0 bridgehead atoms. The Morgan fingerprint density at radius 1 is 1.05 bits per heavy atom. The van der Waals surface area contributed by atoms with E-state index in [1.165, 1.54) is 51.6 Å². The maximum Gasteiger partial charge on any atom is 0.0198 e. The number of hydrogen-bond acceptors (Lipinski definition) is 3. The smallest absolute Gasteiger partial charge is 0.0198 e. The van der Waals surface area contributed by atoms with Gasteiger partial charge < -0.3 is 0 Å². The van der Waals surface area contributed by atoms with Crippen LogP contribution in [0.3, 0.4) is 0 Å². The number of nitrogens with two attached hydrogens (primary N) is 1. The van der Waals surface area contributed by atoms with Crippen LogP contribution in [0.25, 0.3) is 0 Å². The van der Waals surface area contributed by atoms with Gasteiger partial charge in [-0.1, -0.05) is 27.2 Å². The van der Waals surface area contributed by atoms with Crippen LogP contribution in [0.5, 0.6) is 0 Å². The van der Waals surface area contributed by atoms with Crippen LogP contribution in [0, 0.1) is 11.3 Å². The summed E-state index contributed by atoms with van der Waals surface area (Å²) in [6.45, 7) is 11.9. The van der Waals surface area contributed by atoms with Crippen LogP contribution in [-0.2, 0) is 0 Å². The van der Waals surface area contributed by atoms with Crippen LogP contribution in [0.4, 0.5) is 0 Å². The molecule has 0 radical (unpaired) electrons. The third kappa shape index (κ3) is 3.71. The molecule has 0 aromatic carbocycles. The molecule has 2 aliphatic heterocycles. The van der Waals surface area contributed by atoms with Gasteiger partial charge in [0.15, 0.2) is 0 Å². The van der Waals surface area contributed by atoms with Crippen LogP contribution >= 0.6 is 0 Å². The van der Waals surface area contributed by atoms with E-state index < -0.39 is 0 Å². The number of hydrogen-bond donors (Lipinski definition) is 1. The predicted octanol–water partition coefficient (Wildman–Crippen LogP) is 2.86. The summed E-state index contributed by atoms with van der Waals surface area (Å²) in [5.74, 6) is 6.86. The second-order valence-electron chi connectivity index (χ2n) is 7.09. The van der Waals surface area contributed by atoms with Gasteiger partial charge in [-0.2, -0.15) is 0 Å². The van der Waals surface area contributed by atoms with E-state index in [1.807, 2.05) is 5.01 Å². The van der Waals surface area contributed by atoms with E-state index in [9.17, 15) is 0 Å². The minimum atomic E-state index is 0.526. The average Bonchev–Trinajstić information content (AvgIpc) is 2.97. The zero-order chi connectivity index (χ0) is 13.9. The molecule has 2 N–H and O–H groups in total. The van der Waals surface area contributed by atoms with Gasteiger partial charge in [-0.25, -0.2) is 5.01 Å². The van der Waals surface area contributed by atoms with Gasteiger partial charge in [0, 0.05) is 25.7 Å². The monoisotopic (exact) mass is 267 g/mol. The van der Waals surface area contributed by atoms with Crippen molar-refractivity contribution < 1.29 is 0 Å². The number of likely N-dealkylation sites (tertiary alicyclic amines) is 1. The first kappa shape index (κ1) is 15.3. The fourth-order valence-electron chi connectivity index (χ4n) is 3.91. The van der Waals surface area contributed by atoms with Gasteiger partial charge in [-0.15, -0.1) is 0 Å². The van der Waals surface area contributed by atoms with Crippen molar-refractivity contribution in [3.05, 3.63) is 0 Å². The zero-order valence-corrected chi connectivity index (χ0v) is 13.2. The van der Waals surface area contributed by atoms with Crippen molar-refractivity contribution in [1.82, 2.24) is 9.91 Å². The van der Waals surface area contributed by atoms with Gasteiger partial charge >= 0.3 is 0 Å². The zero-order valence-electron chi connectivity index (χ0n) is 13.2. The summed E-state index contributed by atoms with van der Waals surface area (Å²) in [7, 11) is 0. The summed E-state index contributed by atoms with van der Waals surface area (Å²) in [6, 6.07) is 0.806. The first-order chi connectivity index (χ1) is 9.08. The third-order valence-corrected chi connectivity index (χ3v) is 5.61. The molecular formula is C16H33N3. The van der Waals surface area contributed by atoms with Crippen molar-refractivity contribution in [3.8, 4) is 0 Å². The first-order valence-electron chi connectivity index (χ1n) is 8.32. The van der Waals surface area contributed by atoms with Gasteiger partial charge in [0.2, 0.25) is 0 Å². The molecule has 3 unspecified atom stereocenters. The lowest BCUT2D eigenvalue weighted by Gasteiger charge is -2.30. The molecular weight excluding hydrogens is 234 g/mol. The average molecular weight is 267 g/mol. The van der Waals surface area contributed by atoms with Gasteiger partial charge in [-0.05, 0) is 50.0 Å². The Morgan fingerprint density at radius 3 is 2.37 bits per heavy atom. The van der Waals surface area contributed by atoms with Gasteiger partial charge in [0.25, 0.3) is 0 Å². The van der Waals surface area contributed by atoms with E-state index in [2.05, 4.69) is 25.7 Å². The molecule has 1 spiro atoms. The summed E-state index contributed by atoms with van der Waals surface area (Å²) in [6.07, 6.45) is 8.07. The lowest BCUT2D eigenvalue weighted by molar-refractivity contribution is 0.180. The Labute approximate surface area is 119 Å². The molecule has 3 nitrogen and oxygen atoms in total. The highest BCUT2D eigenvalue weighted by Crippen LogP contribution is 2.40. The third-order valence-electron chi connectivity index (χ3n) is 5.61. The number of rotatable bonds is 6. The van der Waals surface area contributed by atoms with Crippen LogP contribution in [0.15, 0.2) is 0 Å². The Kier molecular flexibility index (Phi) is 5.27. The van der Waals surface area contributed by atoms with E-state index in [-0.39, 0.29) is 0 Å². The molecule has 0 aromatic rings. The van der Waals surface area contributed by atoms with Crippen molar-refractivity contribution in [3.63, 3.8) is 0 Å². The fourth-order valence-corrected chi connectivity index (χ4v) is 3.91. The van der Waals surface area contributed by atoms with Crippen LogP contribution in [0.2, 0.25) is 0 Å². The highest BCUT2D eigenvalue weighted by Gasteiger charge is 2.43. The summed E-state index contributed by atoms with van der Waals surface area (Å²) < 4.78 is 0. The van der Waals surface area contributed by atoms with Crippen molar-refractivity contribution in [2.24, 2.45) is 17.2 Å². The van der Waals surface area contributed by atoms with E-state index in [4.69, 9.17) is 5.84 Å². The highest BCUT2D eigenvalue weighted by atomic mass is 15.4. The van der Waals surface area contributed by atoms with Gasteiger partial charge in [0.05, 0.1) is 0 Å². The van der Waals surface area contributed by atoms with Crippen LogP contribution < -0.4 is 5.84 Å². The van der Waals surface area contributed by atoms with E-state index in [0.717, 1.165) is 25.0 Å². The Morgan fingerprint density at radius 2 is 1.79 bits per heavy atom. The maximum absolute atomic E-state index is 5.97. The highest BCUT2D eigenvalue weighted by molar-refractivity contribution is 4.97. The molecule has 19 heavy (non-hydrogen) atoms. The largest absolute Gasteiger partial charge is 0.300 e. The summed E-state index contributed by atoms with van der Waals surface area (Å²) >= 11 is 0. The van der Waals surface area contributed by atoms with Crippen molar-refractivity contribution in [1.29, 1.82) is 0 Å². The van der Waals surface area contributed by atoms with Crippen molar-refractivity contribution >= 4 is 0 Å². The molecule has 2 rings (SSSR count). The molecule has 0 saturated carbocycles. The quantitative estimate of drug-likeness (QED) is 0.751. The molecule has 2 aliphatic rings. The first-order valence-corrected chi connectivity index (χ1v) is 8.32. The SMILES string of the molecule is CCC(C)CCC(CC)N1CCC2(CCN(N)C2)C1. The summed E-state index contributed by atoms with van der Waals surface area (Å²) in [5, 5.41) is 2.03. The topological polar surface area (TPSA) is 32.5 Å². The second kappa shape index (κ2) is 6.55. The molecule has 3 atom stereocenters. The minimum Gasteiger partial charge on any atom is -0.300 e. The second-order valence-corrected chi connectivity index (χ2v) is 7.09. The lowest BCUT2D eigenvalue weighted by Crippen LogP contribution is -2.37. The molecule has 3 heteroatoms. The Balaban J connectivity index is 1.84. The van der Waals surface area contributed by atoms with Gasteiger partial charge in [-0.3, -0.25) is 10.7 Å². The summed E-state index contributed by atoms with van der Waals surface area (Å²) in [5.41, 5.74) is 0.526. The molecule has 2 fully saturated rings. The van der Waals surface area contributed by atoms with E-state index in [1.54, 1.807) is 0 Å². The molecule has 2 heterocycles.